The molecule has 1 rings (SSSR count). The smallest absolute Gasteiger partial charge is 0.261 e. The highest BCUT2D eigenvalue weighted by atomic mass is 16.5. The number of hydrogen-bond donors (Lipinski definition) is 1. The van der Waals surface area contributed by atoms with Gasteiger partial charge in [0.2, 0.25) is 0 Å². The van der Waals surface area contributed by atoms with Crippen LogP contribution in [0.3, 0.4) is 0 Å². The summed E-state index contributed by atoms with van der Waals surface area (Å²) in [6, 6.07) is 9.37. The Hall–Kier alpha value is -1.51. The van der Waals surface area contributed by atoms with Crippen LogP contribution in [-0.4, -0.2) is 17.6 Å². The number of amides is 1. The van der Waals surface area contributed by atoms with E-state index in [1.54, 1.807) is 6.92 Å². The zero-order valence-corrected chi connectivity index (χ0v) is 11.0. The Balaban J connectivity index is 2.54. The molecule has 1 aromatic rings. The van der Waals surface area contributed by atoms with Gasteiger partial charge in [-0.1, -0.05) is 25.1 Å². The van der Waals surface area contributed by atoms with Crippen LogP contribution in [0.15, 0.2) is 30.3 Å². The van der Waals surface area contributed by atoms with Gasteiger partial charge in [0.1, 0.15) is 5.75 Å². The summed E-state index contributed by atoms with van der Waals surface area (Å²) in [5, 5.41) is 2.96. The lowest BCUT2D eigenvalue weighted by atomic mass is 10.0. The van der Waals surface area contributed by atoms with Gasteiger partial charge in [0, 0.05) is 5.54 Å². The van der Waals surface area contributed by atoms with Crippen molar-refractivity contribution in [3.8, 4) is 5.75 Å². The summed E-state index contributed by atoms with van der Waals surface area (Å²) >= 11 is 0. The molecule has 1 aromatic carbocycles. The number of benzene rings is 1. The monoisotopic (exact) mass is 235 g/mol. The number of carbonyl (C=O) groups is 1. The van der Waals surface area contributed by atoms with Crippen LogP contribution in [0.2, 0.25) is 0 Å². The number of nitrogens with one attached hydrogen (secondary N) is 1. The summed E-state index contributed by atoms with van der Waals surface area (Å²) in [5.74, 6) is 0.630. The van der Waals surface area contributed by atoms with Gasteiger partial charge in [-0.15, -0.1) is 0 Å². The fourth-order valence-electron chi connectivity index (χ4n) is 1.28. The molecular formula is C14H21NO2. The molecule has 0 fully saturated rings. The SMILES string of the molecule is CCC(C)(C)NC(=O)[C@@H](C)Oc1ccccc1. The largest absolute Gasteiger partial charge is 0.481 e. The van der Waals surface area contributed by atoms with Crippen molar-refractivity contribution >= 4 is 5.91 Å². The average Bonchev–Trinajstić information content (AvgIpc) is 2.30. The summed E-state index contributed by atoms with van der Waals surface area (Å²) < 4.78 is 5.55. The van der Waals surface area contributed by atoms with Crippen LogP contribution in [-0.2, 0) is 4.79 Å². The van der Waals surface area contributed by atoms with Gasteiger partial charge in [0.15, 0.2) is 6.10 Å². The minimum Gasteiger partial charge on any atom is -0.481 e. The van der Waals surface area contributed by atoms with Gasteiger partial charge >= 0.3 is 0 Å². The minimum atomic E-state index is -0.483. The van der Waals surface area contributed by atoms with Crippen molar-refractivity contribution in [3.63, 3.8) is 0 Å². The maximum atomic E-state index is 11.9. The van der Waals surface area contributed by atoms with Gasteiger partial charge in [0.05, 0.1) is 0 Å². The molecule has 0 aliphatic rings. The molecule has 94 valence electrons. The first-order valence-corrected chi connectivity index (χ1v) is 5.98. The number of ether oxygens (including phenoxy) is 1. The van der Waals surface area contributed by atoms with Crippen molar-refractivity contribution in [1.29, 1.82) is 0 Å². The summed E-state index contributed by atoms with van der Waals surface area (Å²) in [4.78, 5) is 11.9. The van der Waals surface area contributed by atoms with Crippen molar-refractivity contribution in [2.75, 3.05) is 0 Å². The molecule has 0 saturated carbocycles. The predicted molar refractivity (Wildman–Crippen MR) is 69.0 cm³/mol. The third kappa shape index (κ3) is 4.47. The van der Waals surface area contributed by atoms with Crippen molar-refractivity contribution in [3.05, 3.63) is 30.3 Å². The molecule has 0 aliphatic carbocycles. The van der Waals surface area contributed by atoms with E-state index < -0.39 is 6.10 Å². The average molecular weight is 235 g/mol. The molecule has 0 heterocycles. The first-order chi connectivity index (χ1) is 7.94. The molecule has 0 bridgehead atoms. The first-order valence-electron chi connectivity index (χ1n) is 5.98. The van der Waals surface area contributed by atoms with Crippen LogP contribution >= 0.6 is 0 Å². The second-order valence-corrected chi connectivity index (χ2v) is 4.80. The number of hydrogen-bond acceptors (Lipinski definition) is 2. The highest BCUT2D eigenvalue weighted by Gasteiger charge is 2.22. The van der Waals surface area contributed by atoms with E-state index in [4.69, 9.17) is 4.74 Å². The standard InChI is InChI=1S/C14H21NO2/c1-5-14(3,4)15-13(16)11(2)17-12-9-7-6-8-10-12/h6-11H,5H2,1-4H3,(H,15,16)/t11-/m1/s1. The van der Waals surface area contributed by atoms with Crippen molar-refractivity contribution < 1.29 is 9.53 Å². The summed E-state index contributed by atoms with van der Waals surface area (Å²) in [5.41, 5.74) is -0.189. The quantitative estimate of drug-likeness (QED) is 0.852. The Morgan fingerprint density at radius 1 is 1.35 bits per heavy atom. The van der Waals surface area contributed by atoms with Crippen molar-refractivity contribution in [1.82, 2.24) is 5.32 Å². The van der Waals surface area contributed by atoms with Gasteiger partial charge in [-0.2, -0.15) is 0 Å². The molecule has 0 saturated heterocycles. The maximum Gasteiger partial charge on any atom is 0.261 e. The van der Waals surface area contributed by atoms with Crippen LogP contribution in [0.5, 0.6) is 5.75 Å². The molecule has 1 N–H and O–H groups in total. The fourth-order valence-corrected chi connectivity index (χ4v) is 1.28. The van der Waals surface area contributed by atoms with Gasteiger partial charge in [-0.25, -0.2) is 0 Å². The lowest BCUT2D eigenvalue weighted by Gasteiger charge is -2.26. The molecule has 17 heavy (non-hydrogen) atoms. The molecule has 0 spiro atoms. The lowest BCUT2D eigenvalue weighted by molar-refractivity contribution is -0.128. The van der Waals surface area contributed by atoms with E-state index in [2.05, 4.69) is 5.32 Å². The highest BCUT2D eigenvalue weighted by Crippen LogP contribution is 2.12. The van der Waals surface area contributed by atoms with E-state index in [9.17, 15) is 4.79 Å². The Kier molecular flexibility index (Phi) is 4.55. The maximum absolute atomic E-state index is 11.9. The number of para-hydroxylation sites is 1. The minimum absolute atomic E-state index is 0.0827. The van der Waals surface area contributed by atoms with E-state index >= 15 is 0 Å². The predicted octanol–water partition coefficient (Wildman–Crippen LogP) is 2.76. The fraction of sp³-hybridized carbons (Fsp3) is 0.500. The van der Waals surface area contributed by atoms with Crippen LogP contribution < -0.4 is 10.1 Å². The molecule has 1 atom stereocenters. The normalized spacial score (nSPS) is 12.9. The van der Waals surface area contributed by atoms with Crippen LogP contribution in [0.1, 0.15) is 34.1 Å². The molecule has 0 aliphatic heterocycles. The van der Waals surface area contributed by atoms with Crippen LogP contribution in [0.25, 0.3) is 0 Å². The van der Waals surface area contributed by atoms with E-state index in [1.807, 2.05) is 51.1 Å². The zero-order valence-electron chi connectivity index (χ0n) is 11.0. The first kappa shape index (κ1) is 13.6. The van der Waals surface area contributed by atoms with Gasteiger partial charge in [0.25, 0.3) is 5.91 Å². The topological polar surface area (TPSA) is 38.3 Å². The van der Waals surface area contributed by atoms with Crippen LogP contribution in [0, 0.1) is 0 Å². The molecule has 0 radical (unpaired) electrons. The molecule has 0 aromatic heterocycles. The summed E-state index contributed by atoms with van der Waals surface area (Å²) in [6.45, 7) is 7.80. The Labute approximate surface area is 103 Å². The molecule has 0 unspecified atom stereocenters. The number of carbonyl (C=O) groups excluding carboxylic acids is 1. The van der Waals surface area contributed by atoms with E-state index in [0.717, 1.165) is 6.42 Å². The van der Waals surface area contributed by atoms with E-state index in [0.29, 0.717) is 5.75 Å². The van der Waals surface area contributed by atoms with Crippen molar-refractivity contribution in [2.45, 2.75) is 45.8 Å². The van der Waals surface area contributed by atoms with E-state index in [-0.39, 0.29) is 11.4 Å². The molecule has 3 nitrogen and oxygen atoms in total. The van der Waals surface area contributed by atoms with Gasteiger partial charge in [-0.3, -0.25) is 4.79 Å². The Morgan fingerprint density at radius 3 is 2.47 bits per heavy atom. The van der Waals surface area contributed by atoms with Crippen LogP contribution in [0.4, 0.5) is 0 Å². The Bertz CT molecular complexity index is 360. The van der Waals surface area contributed by atoms with Crippen molar-refractivity contribution in [2.24, 2.45) is 0 Å². The lowest BCUT2D eigenvalue weighted by Crippen LogP contribution is -2.48. The summed E-state index contributed by atoms with van der Waals surface area (Å²) in [7, 11) is 0. The van der Waals surface area contributed by atoms with Gasteiger partial charge < -0.3 is 10.1 Å². The highest BCUT2D eigenvalue weighted by molar-refractivity contribution is 5.81. The van der Waals surface area contributed by atoms with E-state index in [1.165, 1.54) is 0 Å². The second-order valence-electron chi connectivity index (χ2n) is 4.80. The molecule has 1 amide bonds. The number of rotatable bonds is 5. The third-order valence-corrected chi connectivity index (χ3v) is 2.77. The summed E-state index contributed by atoms with van der Waals surface area (Å²) in [6.07, 6.45) is 0.403. The van der Waals surface area contributed by atoms with Gasteiger partial charge in [-0.05, 0) is 39.3 Å². The third-order valence-electron chi connectivity index (χ3n) is 2.77. The molecule has 3 heteroatoms. The zero-order chi connectivity index (χ0) is 12.9. The molecular weight excluding hydrogens is 214 g/mol. The second kappa shape index (κ2) is 5.71. The Morgan fingerprint density at radius 2 is 1.94 bits per heavy atom.